The molecule has 0 heterocycles. The smallest absolute Gasteiger partial charge is 0.693 e. The van der Waals surface area contributed by atoms with E-state index in [2.05, 4.69) is 23.3 Å². The second-order valence-electron chi connectivity index (χ2n) is 1.15. The molecule has 5 nitrogen and oxygen atoms in total. The van der Waals surface area contributed by atoms with Gasteiger partial charge in [0.25, 0.3) is 0 Å². The summed E-state index contributed by atoms with van der Waals surface area (Å²) >= 11 is 0. The van der Waals surface area contributed by atoms with Gasteiger partial charge >= 0.3 is 51.4 Å². The number of methoxy groups -OCH3 is 2. The first-order chi connectivity index (χ1) is 4.54. The van der Waals surface area contributed by atoms with Crippen LogP contribution in [-0.2, 0) is 19.1 Å². The number of rotatable bonds is 0. The van der Waals surface area contributed by atoms with Crippen molar-refractivity contribution in [1.29, 1.82) is 0 Å². The minimum absolute atomic E-state index is 0. The summed E-state index contributed by atoms with van der Waals surface area (Å²) < 4.78 is 8.00. The molecule has 0 spiro atoms. The van der Waals surface area contributed by atoms with Crippen molar-refractivity contribution in [3.63, 3.8) is 0 Å². The van der Waals surface area contributed by atoms with Gasteiger partial charge in [-0.3, -0.25) is 23.4 Å². The molecule has 0 aliphatic carbocycles. The van der Waals surface area contributed by atoms with Crippen molar-refractivity contribution in [1.82, 2.24) is 0 Å². The van der Waals surface area contributed by atoms with Gasteiger partial charge in [0, 0.05) is 0 Å². The fourth-order valence-electron chi connectivity index (χ4n) is 0. The van der Waals surface area contributed by atoms with Crippen molar-refractivity contribution in [2.75, 3.05) is 14.2 Å². The van der Waals surface area contributed by atoms with E-state index in [0.29, 0.717) is 0 Å². The zero-order valence-electron chi connectivity index (χ0n) is 7.62. The van der Waals surface area contributed by atoms with Crippen LogP contribution < -0.4 is 51.4 Å². The van der Waals surface area contributed by atoms with Crippen LogP contribution >= 0.6 is 0 Å². The molecule has 0 unspecified atom stereocenters. The molecule has 0 radical (unpaired) electrons. The Labute approximate surface area is 115 Å². The monoisotopic (exact) mass is 201 g/mol. The van der Waals surface area contributed by atoms with Crippen molar-refractivity contribution in [2.45, 2.75) is 0 Å². The normalized spacial score (nSPS) is 5.50. The molecule has 68 valence electrons. The maximum absolute atomic E-state index is 9.48. The van der Waals surface area contributed by atoms with Crippen molar-refractivity contribution < 1.29 is 70.4 Å². The predicted molar refractivity (Wildman–Crippen MR) is 40.0 cm³/mol. The Morgan fingerprint density at radius 3 is 1.08 bits per heavy atom. The predicted octanol–water partition coefficient (Wildman–Crippen LogP) is -2.29. The van der Waals surface area contributed by atoms with Gasteiger partial charge in [-0.1, -0.05) is 0 Å². The van der Waals surface area contributed by atoms with Gasteiger partial charge in [-0.15, -0.1) is 0 Å². The zero-order valence-corrected chi connectivity index (χ0v) is 10.7. The van der Waals surface area contributed by atoms with Crippen molar-refractivity contribution >= 4 is 11.9 Å². The number of carbonyl (C=O) groups excluding carboxylic acids is 2. The molecule has 0 saturated carbocycles. The maximum atomic E-state index is 9.48. The van der Waals surface area contributed by atoms with Crippen LogP contribution in [0.1, 0.15) is 0 Å². The second kappa shape index (κ2) is 17.4. The summed E-state index contributed by atoms with van der Waals surface area (Å²) in [4.78, 5) is 19.0. The Bertz CT molecular complexity index is 104. The Morgan fingerprint density at radius 1 is 1.00 bits per heavy atom. The van der Waals surface area contributed by atoms with E-state index in [-0.39, 0.29) is 57.5 Å². The van der Waals surface area contributed by atoms with E-state index in [4.69, 9.17) is 0 Å². The number of hydrogen-bond acceptors (Lipinski definition) is 4. The van der Waals surface area contributed by atoms with Crippen LogP contribution in [0.25, 0.3) is 6.15 Å². The molecule has 2 N–H and O–H groups in total. The number of ether oxygens (including phenoxy) is 2. The summed E-state index contributed by atoms with van der Waals surface area (Å²) in [6.07, 6.45) is 0. The number of carbonyl (C=O) groups is 2. The van der Waals surface area contributed by atoms with E-state index in [1.165, 1.54) is 14.2 Å². The van der Waals surface area contributed by atoms with Gasteiger partial charge in [0.05, 0.1) is 14.2 Å². The Balaban J connectivity index is -0.0000000457. The molecule has 0 fully saturated rings. The molecule has 0 bridgehead atoms. The first-order valence-corrected chi connectivity index (χ1v) is 2.34. The number of hydrogen-bond donors (Lipinski definition) is 0. The van der Waals surface area contributed by atoms with E-state index < -0.39 is 11.9 Å². The topological polar surface area (TPSA) is 86.1 Å². The standard InChI is InChI=1S/2C3H5O2.K.H2N/c2*1-3(4)5-2;;/h2*1H2,2H3;;1H2/q2*-1;+1;-1. The minimum atomic E-state index is -0.495. The molecule has 0 aliphatic rings. The molecule has 0 saturated heterocycles. The van der Waals surface area contributed by atoms with E-state index in [1.54, 1.807) is 0 Å². The summed E-state index contributed by atoms with van der Waals surface area (Å²) in [5.41, 5.74) is 0. The van der Waals surface area contributed by atoms with Crippen LogP contribution in [0.5, 0.6) is 0 Å². The molecule has 0 amide bonds. The average molecular weight is 201 g/mol. The van der Waals surface area contributed by atoms with Gasteiger partial charge in [-0.25, -0.2) is 0 Å². The van der Waals surface area contributed by atoms with Crippen molar-refractivity contribution in [2.24, 2.45) is 0 Å². The van der Waals surface area contributed by atoms with Crippen molar-refractivity contribution in [3.8, 4) is 0 Å². The Morgan fingerprint density at radius 2 is 1.08 bits per heavy atom. The third-order valence-electron chi connectivity index (χ3n) is 0.455. The van der Waals surface area contributed by atoms with E-state index in [1.807, 2.05) is 0 Å². The van der Waals surface area contributed by atoms with Crippen LogP contribution in [0.3, 0.4) is 0 Å². The number of nitrogens with two attached hydrogens (primary N) is 1. The average Bonchev–Trinajstić information content (AvgIpc) is 1.89. The first-order valence-electron chi connectivity index (χ1n) is 2.34. The Hall–Kier alpha value is 0.276. The summed E-state index contributed by atoms with van der Waals surface area (Å²) in [6.45, 7) is 5.79. The third-order valence-corrected chi connectivity index (χ3v) is 0.455. The zero-order chi connectivity index (χ0) is 8.57. The van der Waals surface area contributed by atoms with Crippen LogP contribution in [0.15, 0.2) is 0 Å². The molecular formula is C6H12KNO4-2. The van der Waals surface area contributed by atoms with Gasteiger partial charge in [-0.2, -0.15) is 0 Å². The molecule has 12 heavy (non-hydrogen) atoms. The number of esters is 2. The Kier molecular flexibility index (Phi) is 33.0. The van der Waals surface area contributed by atoms with Crippen LogP contribution in [0.4, 0.5) is 0 Å². The van der Waals surface area contributed by atoms with Gasteiger partial charge in [0.15, 0.2) is 11.9 Å². The van der Waals surface area contributed by atoms with Gasteiger partial charge in [-0.05, 0) is 0 Å². The van der Waals surface area contributed by atoms with Gasteiger partial charge in [0.1, 0.15) is 0 Å². The fraction of sp³-hybridized carbons (Fsp3) is 0.333. The van der Waals surface area contributed by atoms with E-state index in [0.717, 1.165) is 0 Å². The molecule has 0 aliphatic heterocycles. The van der Waals surface area contributed by atoms with Crippen LogP contribution in [0.2, 0.25) is 0 Å². The molecule has 0 aromatic carbocycles. The summed E-state index contributed by atoms with van der Waals surface area (Å²) in [5.74, 6) is -0.991. The van der Waals surface area contributed by atoms with E-state index >= 15 is 0 Å². The van der Waals surface area contributed by atoms with Gasteiger partial charge in [0.2, 0.25) is 0 Å². The quantitative estimate of drug-likeness (QED) is 0.251. The largest absolute Gasteiger partial charge is 1.00 e. The third kappa shape index (κ3) is 48.4. The molecule has 6 heteroatoms. The molecule has 0 aromatic rings. The second-order valence-corrected chi connectivity index (χ2v) is 1.15. The summed E-state index contributed by atoms with van der Waals surface area (Å²) in [6, 6.07) is 0. The maximum Gasteiger partial charge on any atom is 1.00 e. The van der Waals surface area contributed by atoms with E-state index in [9.17, 15) is 9.59 Å². The SMILES string of the molecule is [CH2-]C(=O)OC.[CH2-]C(=O)OC.[K+].[NH2-]. The minimum Gasteiger partial charge on any atom is -0.693 e. The van der Waals surface area contributed by atoms with Gasteiger partial charge < -0.3 is 15.6 Å². The summed E-state index contributed by atoms with van der Waals surface area (Å²) in [7, 11) is 2.57. The van der Waals surface area contributed by atoms with Crippen molar-refractivity contribution in [3.05, 3.63) is 20.0 Å². The molecule has 0 rings (SSSR count). The molecule has 0 aromatic heterocycles. The summed E-state index contributed by atoms with van der Waals surface area (Å²) in [5, 5.41) is 0. The first kappa shape index (κ1) is 22.8. The van der Waals surface area contributed by atoms with Crippen LogP contribution in [-0.4, -0.2) is 26.2 Å². The molecular weight excluding hydrogens is 189 g/mol. The molecule has 0 atom stereocenters. The van der Waals surface area contributed by atoms with Crippen LogP contribution in [0, 0.1) is 13.8 Å². The fourth-order valence-corrected chi connectivity index (χ4v) is 0.